The lowest BCUT2D eigenvalue weighted by Crippen LogP contribution is -2.03. The van der Waals surface area contributed by atoms with E-state index in [1.54, 1.807) is 48.5 Å². The zero-order chi connectivity index (χ0) is 23.4. The largest absolute Gasteiger partial charge is 0.403 e. The molecule has 6 rings (SSSR count). The first-order chi connectivity index (χ1) is 16.4. The second-order valence-corrected chi connectivity index (χ2v) is 8.59. The van der Waals surface area contributed by atoms with E-state index in [1.165, 1.54) is 0 Å². The van der Waals surface area contributed by atoms with E-state index in [0.717, 1.165) is 10.8 Å². The second kappa shape index (κ2) is 7.80. The zero-order valence-electron chi connectivity index (χ0n) is 17.2. The third-order valence-corrected chi connectivity index (χ3v) is 5.99. The first kappa shape index (κ1) is 20.6. The van der Waals surface area contributed by atoms with Gasteiger partial charge in [-0.05, 0) is 71.4 Å². The second-order valence-electron chi connectivity index (χ2n) is 7.71. The van der Waals surface area contributed by atoms with Gasteiger partial charge in [-0.1, -0.05) is 35.3 Å². The molecule has 2 heterocycles. The molecule has 0 spiro atoms. The molecule has 0 unspecified atom stereocenters. The maximum atomic E-state index is 12.4. The number of rotatable bonds is 2. The number of hydrogen-bond donors (Lipinski definition) is 0. The standard InChI is InChI=1S/C26H12Cl2N2O4/c27-17-5-7-19-21(11-17)29-23(33-25(19)31)15-3-1-13-9-16(4-2-14(13)10-15)24-30-22-12-18(28)6-8-20(22)26(32)34-24/h1-12H. The van der Waals surface area contributed by atoms with Crippen molar-refractivity contribution in [1.29, 1.82) is 0 Å². The zero-order valence-corrected chi connectivity index (χ0v) is 18.7. The quantitative estimate of drug-likeness (QED) is 0.278. The minimum absolute atomic E-state index is 0.199. The average molecular weight is 487 g/mol. The van der Waals surface area contributed by atoms with E-state index < -0.39 is 11.3 Å². The first-order valence-corrected chi connectivity index (χ1v) is 11.0. The predicted octanol–water partition coefficient (Wildman–Crippen LogP) is 6.48. The third-order valence-electron chi connectivity index (χ3n) is 5.52. The summed E-state index contributed by atoms with van der Waals surface area (Å²) in [5.74, 6) is 0.398. The highest BCUT2D eigenvalue weighted by atomic mass is 35.5. The van der Waals surface area contributed by atoms with Crippen LogP contribution in [0, 0.1) is 0 Å². The van der Waals surface area contributed by atoms with E-state index in [0.29, 0.717) is 43.0 Å². The molecule has 8 heteroatoms. The Bertz CT molecular complexity index is 1750. The van der Waals surface area contributed by atoms with E-state index in [4.69, 9.17) is 32.0 Å². The Morgan fingerprint density at radius 1 is 0.559 bits per heavy atom. The van der Waals surface area contributed by atoms with Gasteiger partial charge in [0.1, 0.15) is 0 Å². The maximum Gasteiger partial charge on any atom is 0.347 e. The number of fused-ring (bicyclic) bond motifs is 3. The van der Waals surface area contributed by atoms with Crippen molar-refractivity contribution in [2.75, 3.05) is 0 Å². The van der Waals surface area contributed by atoms with Crippen LogP contribution in [0.15, 0.2) is 91.2 Å². The van der Waals surface area contributed by atoms with E-state index in [9.17, 15) is 9.59 Å². The van der Waals surface area contributed by atoms with Crippen molar-refractivity contribution in [3.05, 3.63) is 104 Å². The molecule has 0 saturated carbocycles. The lowest BCUT2D eigenvalue weighted by molar-refractivity contribution is 0.518. The highest BCUT2D eigenvalue weighted by Crippen LogP contribution is 2.28. The number of hydrogen-bond acceptors (Lipinski definition) is 6. The summed E-state index contributed by atoms with van der Waals surface area (Å²) in [5, 5.41) is 3.46. The van der Waals surface area contributed by atoms with Crippen LogP contribution in [-0.2, 0) is 0 Å². The van der Waals surface area contributed by atoms with E-state index in [-0.39, 0.29) is 11.8 Å². The van der Waals surface area contributed by atoms with Gasteiger partial charge in [-0.3, -0.25) is 0 Å². The van der Waals surface area contributed by atoms with Crippen molar-refractivity contribution in [2.45, 2.75) is 0 Å². The SMILES string of the molecule is O=c1oc(-c2ccc3cc(-c4nc5cc(Cl)ccc5c(=O)o4)ccc3c2)nc2cc(Cl)ccc12. The molecule has 0 bridgehead atoms. The minimum atomic E-state index is -0.482. The minimum Gasteiger partial charge on any atom is -0.403 e. The fraction of sp³-hybridized carbons (Fsp3) is 0. The monoisotopic (exact) mass is 486 g/mol. The van der Waals surface area contributed by atoms with Gasteiger partial charge in [-0.2, -0.15) is 0 Å². The van der Waals surface area contributed by atoms with Gasteiger partial charge in [0.15, 0.2) is 0 Å². The Morgan fingerprint density at radius 3 is 1.44 bits per heavy atom. The summed E-state index contributed by atoms with van der Waals surface area (Å²) in [6.07, 6.45) is 0. The fourth-order valence-corrected chi connectivity index (χ4v) is 4.18. The summed E-state index contributed by atoms with van der Waals surface area (Å²) in [4.78, 5) is 33.7. The summed E-state index contributed by atoms with van der Waals surface area (Å²) < 4.78 is 10.9. The van der Waals surface area contributed by atoms with Gasteiger partial charge in [0.2, 0.25) is 11.8 Å². The van der Waals surface area contributed by atoms with Crippen molar-refractivity contribution in [1.82, 2.24) is 9.97 Å². The van der Waals surface area contributed by atoms with Crippen LogP contribution in [0.1, 0.15) is 0 Å². The fourth-order valence-electron chi connectivity index (χ4n) is 3.85. The summed E-state index contributed by atoms with van der Waals surface area (Å²) in [7, 11) is 0. The van der Waals surface area contributed by atoms with Crippen LogP contribution in [-0.4, -0.2) is 9.97 Å². The summed E-state index contributed by atoms with van der Waals surface area (Å²) in [5.41, 5.74) is 1.25. The Labute approximate surface area is 201 Å². The Balaban J connectivity index is 1.44. The van der Waals surface area contributed by atoms with Gasteiger partial charge in [-0.25, -0.2) is 19.6 Å². The summed E-state index contributed by atoms with van der Waals surface area (Å²) in [6.45, 7) is 0. The van der Waals surface area contributed by atoms with Crippen LogP contribution in [0.5, 0.6) is 0 Å². The predicted molar refractivity (Wildman–Crippen MR) is 133 cm³/mol. The van der Waals surface area contributed by atoms with E-state index in [2.05, 4.69) is 9.97 Å². The molecule has 0 aliphatic heterocycles. The van der Waals surface area contributed by atoms with E-state index >= 15 is 0 Å². The average Bonchev–Trinajstić information content (AvgIpc) is 2.82. The maximum absolute atomic E-state index is 12.4. The van der Waals surface area contributed by atoms with Crippen LogP contribution in [0.2, 0.25) is 10.0 Å². The number of aromatic nitrogens is 2. The molecule has 164 valence electrons. The molecule has 0 aliphatic carbocycles. The molecule has 0 amide bonds. The van der Waals surface area contributed by atoms with Crippen molar-refractivity contribution in [2.24, 2.45) is 0 Å². The van der Waals surface area contributed by atoms with Crippen LogP contribution in [0.4, 0.5) is 0 Å². The topological polar surface area (TPSA) is 86.2 Å². The summed E-state index contributed by atoms with van der Waals surface area (Å²) >= 11 is 12.1. The molecular weight excluding hydrogens is 475 g/mol. The highest BCUT2D eigenvalue weighted by molar-refractivity contribution is 6.31. The van der Waals surface area contributed by atoms with Crippen LogP contribution >= 0.6 is 23.2 Å². The molecule has 0 N–H and O–H groups in total. The normalized spacial score (nSPS) is 11.5. The molecule has 0 saturated heterocycles. The Morgan fingerprint density at radius 2 is 1.00 bits per heavy atom. The molecule has 0 atom stereocenters. The molecule has 2 aromatic heterocycles. The molecule has 4 aromatic carbocycles. The van der Waals surface area contributed by atoms with Gasteiger partial charge in [0.25, 0.3) is 0 Å². The smallest absolute Gasteiger partial charge is 0.347 e. The molecule has 6 nitrogen and oxygen atoms in total. The van der Waals surface area contributed by atoms with Gasteiger partial charge < -0.3 is 8.83 Å². The lowest BCUT2D eigenvalue weighted by Gasteiger charge is -2.06. The van der Waals surface area contributed by atoms with E-state index in [1.807, 2.05) is 24.3 Å². The van der Waals surface area contributed by atoms with Crippen molar-refractivity contribution in [3.8, 4) is 22.9 Å². The molecule has 0 fully saturated rings. The molecule has 0 aliphatic rings. The Hall–Kier alpha value is -4.00. The van der Waals surface area contributed by atoms with Crippen LogP contribution in [0.25, 0.3) is 55.5 Å². The number of halogens is 2. The first-order valence-electron chi connectivity index (χ1n) is 10.2. The van der Waals surface area contributed by atoms with Crippen molar-refractivity contribution >= 4 is 55.8 Å². The van der Waals surface area contributed by atoms with Crippen molar-refractivity contribution in [3.63, 3.8) is 0 Å². The summed E-state index contributed by atoms with van der Waals surface area (Å²) in [6, 6.07) is 20.8. The molecular formula is C26H12Cl2N2O4. The molecule has 34 heavy (non-hydrogen) atoms. The van der Waals surface area contributed by atoms with Gasteiger partial charge in [0, 0.05) is 21.2 Å². The van der Waals surface area contributed by atoms with Crippen molar-refractivity contribution < 1.29 is 8.83 Å². The highest BCUT2D eigenvalue weighted by Gasteiger charge is 2.12. The third kappa shape index (κ3) is 3.53. The van der Waals surface area contributed by atoms with Gasteiger partial charge in [0.05, 0.1) is 21.8 Å². The van der Waals surface area contributed by atoms with Gasteiger partial charge in [-0.15, -0.1) is 0 Å². The molecule has 6 aromatic rings. The van der Waals surface area contributed by atoms with Crippen LogP contribution < -0.4 is 11.3 Å². The molecule has 0 radical (unpaired) electrons. The van der Waals surface area contributed by atoms with Gasteiger partial charge >= 0.3 is 11.3 Å². The number of benzene rings is 4. The van der Waals surface area contributed by atoms with Crippen LogP contribution in [0.3, 0.4) is 0 Å². The number of nitrogens with zero attached hydrogens (tertiary/aromatic N) is 2. The Kier molecular flexibility index (Phi) is 4.72. The lowest BCUT2D eigenvalue weighted by atomic mass is 10.0.